The standard InChI is InChI=1S/C31H25N3O6S2/c1-38-25-16-24-27(17-26(25)39-2)41-31(33-24)34-30(35)29(40-22-14-12-20(18-32)13-15-22)23-10-6-7-11-28(23)42(36,37)19-21-8-4-3-5-9-21/h3-17,29H,19H2,1-2H3,(H,33,34,35). The Morgan fingerprint density at radius 3 is 2.31 bits per heavy atom. The van der Waals surface area contributed by atoms with Crippen molar-refractivity contribution in [3.63, 3.8) is 0 Å². The van der Waals surface area contributed by atoms with Crippen LogP contribution in [0.4, 0.5) is 5.13 Å². The number of methoxy groups -OCH3 is 2. The van der Waals surface area contributed by atoms with E-state index in [-0.39, 0.29) is 27.1 Å². The molecule has 1 atom stereocenters. The van der Waals surface area contributed by atoms with Crippen molar-refractivity contribution < 1.29 is 27.4 Å². The van der Waals surface area contributed by atoms with Gasteiger partial charge in [-0.05, 0) is 35.9 Å². The van der Waals surface area contributed by atoms with Crippen LogP contribution in [0.25, 0.3) is 10.2 Å². The zero-order valence-electron chi connectivity index (χ0n) is 22.6. The van der Waals surface area contributed by atoms with Gasteiger partial charge in [0.1, 0.15) is 5.75 Å². The molecule has 0 aliphatic rings. The van der Waals surface area contributed by atoms with Gasteiger partial charge < -0.3 is 14.2 Å². The van der Waals surface area contributed by atoms with Gasteiger partial charge in [-0.2, -0.15) is 5.26 Å². The Balaban J connectivity index is 1.53. The highest BCUT2D eigenvalue weighted by atomic mass is 32.2. The molecular formula is C31H25N3O6S2. The second kappa shape index (κ2) is 12.3. The van der Waals surface area contributed by atoms with Crippen LogP contribution in [0.1, 0.15) is 22.8 Å². The summed E-state index contributed by atoms with van der Waals surface area (Å²) in [6.45, 7) is 0. The number of hydrogen-bond acceptors (Lipinski definition) is 9. The SMILES string of the molecule is COc1cc2nc(NC(=O)C(Oc3ccc(C#N)cc3)c3ccccc3S(=O)(=O)Cc3ccccc3)sc2cc1OC. The first-order valence-corrected chi connectivity index (χ1v) is 15.1. The first-order chi connectivity index (χ1) is 20.3. The number of fused-ring (bicyclic) bond motifs is 1. The summed E-state index contributed by atoms with van der Waals surface area (Å²) in [6, 6.07) is 26.8. The number of nitrogens with zero attached hydrogens (tertiary/aromatic N) is 2. The van der Waals surface area contributed by atoms with Crippen LogP contribution < -0.4 is 19.5 Å². The molecule has 1 N–H and O–H groups in total. The largest absolute Gasteiger partial charge is 0.493 e. The van der Waals surface area contributed by atoms with E-state index in [2.05, 4.69) is 10.3 Å². The van der Waals surface area contributed by atoms with E-state index in [1.54, 1.807) is 78.9 Å². The Labute approximate surface area is 246 Å². The fourth-order valence-corrected chi connectivity index (χ4v) is 6.82. The molecule has 0 saturated carbocycles. The molecule has 1 unspecified atom stereocenters. The van der Waals surface area contributed by atoms with E-state index in [1.165, 1.54) is 31.6 Å². The van der Waals surface area contributed by atoms with E-state index in [9.17, 15) is 18.5 Å². The number of carbonyl (C=O) groups is 1. The Kier molecular flexibility index (Phi) is 8.38. The van der Waals surface area contributed by atoms with Gasteiger partial charge in [0.2, 0.25) is 6.10 Å². The third-order valence-corrected chi connectivity index (χ3v) is 9.02. The number of nitriles is 1. The Morgan fingerprint density at radius 2 is 1.62 bits per heavy atom. The molecule has 1 aromatic heterocycles. The Bertz CT molecular complexity index is 1840. The van der Waals surface area contributed by atoms with Gasteiger partial charge in [-0.15, -0.1) is 0 Å². The van der Waals surface area contributed by atoms with Crippen molar-refractivity contribution in [3.05, 3.63) is 108 Å². The molecule has 0 bridgehead atoms. The van der Waals surface area contributed by atoms with Crippen LogP contribution in [0.2, 0.25) is 0 Å². The lowest BCUT2D eigenvalue weighted by Gasteiger charge is -2.21. The number of benzene rings is 4. The minimum atomic E-state index is -3.88. The number of rotatable bonds is 10. The summed E-state index contributed by atoms with van der Waals surface area (Å²) >= 11 is 1.22. The normalized spacial score (nSPS) is 11.8. The smallest absolute Gasteiger partial charge is 0.272 e. The number of amides is 1. The molecule has 0 radical (unpaired) electrons. The van der Waals surface area contributed by atoms with Gasteiger partial charge in [-0.25, -0.2) is 13.4 Å². The number of carbonyl (C=O) groups excluding carboxylic acids is 1. The van der Waals surface area contributed by atoms with Crippen LogP contribution >= 0.6 is 11.3 Å². The van der Waals surface area contributed by atoms with Crippen molar-refractivity contribution in [1.82, 2.24) is 4.98 Å². The number of hydrogen-bond donors (Lipinski definition) is 1. The highest BCUT2D eigenvalue weighted by Gasteiger charge is 2.31. The van der Waals surface area contributed by atoms with Crippen molar-refractivity contribution in [1.29, 1.82) is 5.26 Å². The number of sulfone groups is 1. The molecule has 4 aromatic carbocycles. The molecule has 212 valence electrons. The van der Waals surface area contributed by atoms with Gasteiger partial charge in [-0.3, -0.25) is 10.1 Å². The number of thiazole rings is 1. The summed E-state index contributed by atoms with van der Waals surface area (Å²) in [5.41, 5.74) is 1.78. The first kappa shape index (κ1) is 28.6. The van der Waals surface area contributed by atoms with Crippen LogP contribution in [0, 0.1) is 11.3 Å². The summed E-state index contributed by atoms with van der Waals surface area (Å²) in [6.07, 6.45) is -1.37. The topological polar surface area (TPSA) is 128 Å². The van der Waals surface area contributed by atoms with Crippen LogP contribution in [0.15, 0.2) is 95.9 Å². The molecule has 0 aliphatic heterocycles. The zero-order chi connectivity index (χ0) is 29.7. The third-order valence-electron chi connectivity index (χ3n) is 6.34. The van der Waals surface area contributed by atoms with E-state index in [0.29, 0.717) is 28.1 Å². The predicted molar refractivity (Wildman–Crippen MR) is 160 cm³/mol. The second-order valence-electron chi connectivity index (χ2n) is 9.10. The lowest BCUT2D eigenvalue weighted by Crippen LogP contribution is -2.27. The monoisotopic (exact) mass is 599 g/mol. The van der Waals surface area contributed by atoms with Crippen LogP contribution in [0.5, 0.6) is 17.2 Å². The number of nitrogens with one attached hydrogen (secondary N) is 1. The highest BCUT2D eigenvalue weighted by molar-refractivity contribution is 7.90. The van der Waals surface area contributed by atoms with Gasteiger partial charge >= 0.3 is 0 Å². The van der Waals surface area contributed by atoms with Crippen molar-refractivity contribution in [3.8, 4) is 23.3 Å². The van der Waals surface area contributed by atoms with E-state index >= 15 is 0 Å². The van der Waals surface area contributed by atoms with Crippen LogP contribution in [0.3, 0.4) is 0 Å². The van der Waals surface area contributed by atoms with Gasteiger partial charge in [0, 0.05) is 17.7 Å². The molecular weight excluding hydrogens is 574 g/mol. The summed E-state index contributed by atoms with van der Waals surface area (Å²) in [7, 11) is -0.828. The van der Waals surface area contributed by atoms with Gasteiger partial charge in [0.05, 0.1) is 46.7 Å². The molecule has 5 rings (SSSR count). The minimum Gasteiger partial charge on any atom is -0.493 e. The van der Waals surface area contributed by atoms with Gasteiger partial charge in [0.25, 0.3) is 5.91 Å². The molecule has 5 aromatic rings. The predicted octanol–water partition coefficient (Wildman–Crippen LogP) is 5.92. The average Bonchev–Trinajstić information content (AvgIpc) is 3.40. The molecule has 0 aliphatic carbocycles. The molecule has 0 saturated heterocycles. The fourth-order valence-electron chi connectivity index (χ4n) is 4.33. The van der Waals surface area contributed by atoms with Gasteiger partial charge in [-0.1, -0.05) is 59.9 Å². The highest BCUT2D eigenvalue weighted by Crippen LogP contribution is 2.37. The lowest BCUT2D eigenvalue weighted by molar-refractivity contribution is -0.123. The Morgan fingerprint density at radius 1 is 0.952 bits per heavy atom. The maximum Gasteiger partial charge on any atom is 0.272 e. The molecule has 1 heterocycles. The van der Waals surface area contributed by atoms with Crippen molar-refractivity contribution in [2.75, 3.05) is 19.5 Å². The minimum absolute atomic E-state index is 0.0265. The van der Waals surface area contributed by atoms with Crippen LogP contribution in [-0.4, -0.2) is 33.5 Å². The molecule has 42 heavy (non-hydrogen) atoms. The number of anilines is 1. The van der Waals surface area contributed by atoms with E-state index in [4.69, 9.17) is 14.2 Å². The van der Waals surface area contributed by atoms with Crippen molar-refractivity contribution in [2.45, 2.75) is 16.8 Å². The quantitative estimate of drug-likeness (QED) is 0.210. The Hall–Kier alpha value is -4.92. The zero-order valence-corrected chi connectivity index (χ0v) is 24.2. The molecule has 1 amide bonds. The average molecular weight is 600 g/mol. The van der Waals surface area contributed by atoms with E-state index in [0.717, 1.165) is 4.70 Å². The lowest BCUT2D eigenvalue weighted by atomic mass is 10.1. The summed E-state index contributed by atoms with van der Waals surface area (Å²) in [4.78, 5) is 18.3. The maximum atomic E-state index is 13.8. The maximum absolute atomic E-state index is 13.8. The molecule has 11 heteroatoms. The third kappa shape index (κ3) is 6.20. The molecule has 0 fully saturated rings. The van der Waals surface area contributed by atoms with E-state index < -0.39 is 21.8 Å². The molecule has 0 spiro atoms. The summed E-state index contributed by atoms with van der Waals surface area (Å²) in [5.74, 6) is 0.416. The second-order valence-corrected chi connectivity index (χ2v) is 12.1. The first-order valence-electron chi connectivity index (χ1n) is 12.7. The summed E-state index contributed by atoms with van der Waals surface area (Å²) in [5, 5.41) is 12.2. The van der Waals surface area contributed by atoms with Crippen molar-refractivity contribution in [2.24, 2.45) is 0 Å². The fraction of sp³-hybridized carbons (Fsp3) is 0.129. The van der Waals surface area contributed by atoms with Gasteiger partial charge in [0.15, 0.2) is 26.5 Å². The number of ether oxygens (including phenoxy) is 3. The molecule has 9 nitrogen and oxygen atoms in total. The van der Waals surface area contributed by atoms with Crippen LogP contribution in [-0.2, 0) is 20.4 Å². The summed E-state index contributed by atoms with van der Waals surface area (Å²) < 4.78 is 44.8. The van der Waals surface area contributed by atoms with Crippen molar-refractivity contribution >= 4 is 42.4 Å². The van der Waals surface area contributed by atoms with E-state index in [1.807, 2.05) is 12.1 Å². The number of aromatic nitrogens is 1.